The molecule has 74 valence electrons. The zero-order valence-corrected chi connectivity index (χ0v) is 8.94. The number of aryl methyl sites for hydroxylation is 1. The van der Waals surface area contributed by atoms with Crippen LogP contribution in [-0.2, 0) is 6.42 Å². The Morgan fingerprint density at radius 2 is 2.07 bits per heavy atom. The fourth-order valence-corrected chi connectivity index (χ4v) is 4.02. The molecule has 1 N–H and O–H groups in total. The maximum absolute atomic E-state index is 9.38. The number of thioether (sulfide) groups is 1. The average molecular weight is 206 g/mol. The third kappa shape index (κ3) is 1.24. The van der Waals surface area contributed by atoms with Crippen molar-refractivity contribution in [2.45, 2.75) is 41.7 Å². The van der Waals surface area contributed by atoms with E-state index in [9.17, 15) is 5.11 Å². The molecular formula is C12H14OS. The first-order valence-electron chi connectivity index (χ1n) is 5.28. The molecule has 0 amide bonds. The summed E-state index contributed by atoms with van der Waals surface area (Å²) in [6.45, 7) is 0. The molecule has 1 aromatic carbocycles. The molecule has 1 saturated carbocycles. The second-order valence-corrected chi connectivity index (χ2v) is 5.94. The van der Waals surface area contributed by atoms with E-state index >= 15 is 0 Å². The van der Waals surface area contributed by atoms with Gasteiger partial charge in [0, 0.05) is 9.64 Å². The summed E-state index contributed by atoms with van der Waals surface area (Å²) in [5, 5.41) is 9.38. The summed E-state index contributed by atoms with van der Waals surface area (Å²) in [4.78, 5) is 1.40. The Morgan fingerprint density at radius 3 is 2.79 bits per heavy atom. The van der Waals surface area contributed by atoms with Crippen LogP contribution in [0, 0.1) is 0 Å². The van der Waals surface area contributed by atoms with Gasteiger partial charge in [-0.1, -0.05) is 6.42 Å². The van der Waals surface area contributed by atoms with E-state index in [1.165, 1.54) is 36.1 Å². The van der Waals surface area contributed by atoms with E-state index in [0.717, 1.165) is 6.42 Å². The van der Waals surface area contributed by atoms with Gasteiger partial charge in [-0.15, -0.1) is 11.8 Å². The third-order valence-corrected chi connectivity index (χ3v) is 5.15. The van der Waals surface area contributed by atoms with Gasteiger partial charge in [0.05, 0.1) is 0 Å². The summed E-state index contributed by atoms with van der Waals surface area (Å²) in [6.07, 6.45) is 6.63. The summed E-state index contributed by atoms with van der Waals surface area (Å²) in [7, 11) is 0. The van der Waals surface area contributed by atoms with Crippen LogP contribution in [0.15, 0.2) is 23.1 Å². The van der Waals surface area contributed by atoms with Crippen LogP contribution in [0.4, 0.5) is 0 Å². The molecule has 1 spiro atoms. The van der Waals surface area contributed by atoms with Gasteiger partial charge < -0.3 is 5.11 Å². The molecule has 0 atom stereocenters. The monoisotopic (exact) mass is 206 g/mol. The molecule has 1 aromatic rings. The second kappa shape index (κ2) is 2.93. The predicted molar refractivity (Wildman–Crippen MR) is 58.9 cm³/mol. The first-order valence-corrected chi connectivity index (χ1v) is 6.10. The molecule has 2 aliphatic rings. The van der Waals surface area contributed by atoms with Crippen molar-refractivity contribution in [2.75, 3.05) is 0 Å². The molecule has 0 bridgehead atoms. The van der Waals surface area contributed by atoms with E-state index in [1.807, 2.05) is 23.9 Å². The fourth-order valence-electron chi connectivity index (χ4n) is 2.43. The first kappa shape index (κ1) is 8.66. The Hall–Kier alpha value is -0.630. The maximum atomic E-state index is 9.38. The maximum Gasteiger partial charge on any atom is 0.115 e. The molecule has 1 aliphatic carbocycles. The van der Waals surface area contributed by atoms with Gasteiger partial charge in [-0.3, -0.25) is 0 Å². The highest BCUT2D eigenvalue weighted by atomic mass is 32.2. The van der Waals surface area contributed by atoms with Crippen molar-refractivity contribution < 1.29 is 5.11 Å². The summed E-state index contributed by atoms with van der Waals surface area (Å²) in [6, 6.07) is 5.81. The quantitative estimate of drug-likeness (QED) is 0.702. The van der Waals surface area contributed by atoms with Gasteiger partial charge in [-0.25, -0.2) is 0 Å². The Morgan fingerprint density at radius 1 is 1.21 bits per heavy atom. The van der Waals surface area contributed by atoms with Crippen molar-refractivity contribution in [3.63, 3.8) is 0 Å². The lowest BCUT2D eigenvalue weighted by Crippen LogP contribution is -2.35. The minimum Gasteiger partial charge on any atom is -0.508 e. The summed E-state index contributed by atoms with van der Waals surface area (Å²) in [5.41, 5.74) is 1.34. The minimum absolute atomic E-state index is 0.411. The van der Waals surface area contributed by atoms with E-state index in [0.29, 0.717) is 10.5 Å². The standard InChI is InChI=1S/C12H14OS/c13-10-2-3-11-9(8-10)4-7-12(14-11)5-1-6-12/h2-3,8,13H,1,4-7H2. The lowest BCUT2D eigenvalue weighted by molar-refractivity contribution is 0.336. The minimum atomic E-state index is 0.411. The summed E-state index contributed by atoms with van der Waals surface area (Å²) >= 11 is 2.04. The lowest BCUT2D eigenvalue weighted by atomic mass is 9.79. The number of phenols is 1. The average Bonchev–Trinajstić information content (AvgIpc) is 2.15. The predicted octanol–water partition coefficient (Wildman–Crippen LogP) is 3.35. The molecule has 1 heterocycles. The molecule has 1 nitrogen and oxygen atoms in total. The number of rotatable bonds is 0. The Labute approximate surface area is 88.5 Å². The molecule has 2 heteroatoms. The van der Waals surface area contributed by atoms with Crippen LogP contribution in [0.5, 0.6) is 5.75 Å². The van der Waals surface area contributed by atoms with Crippen molar-refractivity contribution in [3.05, 3.63) is 23.8 Å². The molecule has 0 unspecified atom stereocenters. The van der Waals surface area contributed by atoms with E-state index in [4.69, 9.17) is 0 Å². The molecule has 1 aliphatic heterocycles. The third-order valence-electron chi connectivity index (χ3n) is 3.49. The summed E-state index contributed by atoms with van der Waals surface area (Å²) < 4.78 is 0.573. The number of hydrogen-bond donors (Lipinski definition) is 1. The van der Waals surface area contributed by atoms with Gasteiger partial charge in [0.2, 0.25) is 0 Å². The van der Waals surface area contributed by atoms with Crippen LogP contribution < -0.4 is 0 Å². The van der Waals surface area contributed by atoms with Crippen molar-refractivity contribution in [1.82, 2.24) is 0 Å². The highest BCUT2D eigenvalue weighted by Gasteiger charge is 2.40. The van der Waals surface area contributed by atoms with Crippen molar-refractivity contribution >= 4 is 11.8 Å². The van der Waals surface area contributed by atoms with Gasteiger partial charge in [-0.2, -0.15) is 0 Å². The Balaban J connectivity index is 1.94. The normalized spacial score (nSPS) is 22.9. The lowest BCUT2D eigenvalue weighted by Gasteiger charge is -2.44. The molecule has 3 rings (SSSR count). The number of benzene rings is 1. The smallest absolute Gasteiger partial charge is 0.115 e. The highest BCUT2D eigenvalue weighted by Crippen LogP contribution is 2.54. The first-order chi connectivity index (χ1) is 6.77. The molecule has 1 fully saturated rings. The zero-order valence-electron chi connectivity index (χ0n) is 8.12. The van der Waals surface area contributed by atoms with Crippen molar-refractivity contribution in [3.8, 4) is 5.75 Å². The van der Waals surface area contributed by atoms with Crippen LogP contribution in [0.2, 0.25) is 0 Å². The number of aromatic hydroxyl groups is 1. The number of fused-ring (bicyclic) bond motifs is 1. The molecular weight excluding hydrogens is 192 g/mol. The van der Waals surface area contributed by atoms with Gasteiger partial charge >= 0.3 is 0 Å². The van der Waals surface area contributed by atoms with E-state index in [1.54, 1.807) is 0 Å². The SMILES string of the molecule is Oc1ccc2c(c1)CCC1(CCC1)S2. The second-order valence-electron chi connectivity index (χ2n) is 4.43. The Bertz CT molecular complexity index is 369. The molecule has 14 heavy (non-hydrogen) atoms. The highest BCUT2D eigenvalue weighted by molar-refractivity contribution is 8.00. The van der Waals surface area contributed by atoms with Crippen LogP contribution in [-0.4, -0.2) is 9.85 Å². The zero-order chi connectivity index (χ0) is 9.60. The van der Waals surface area contributed by atoms with Gasteiger partial charge in [-0.05, 0) is 49.4 Å². The Kier molecular flexibility index (Phi) is 1.81. The van der Waals surface area contributed by atoms with Gasteiger partial charge in [0.15, 0.2) is 0 Å². The van der Waals surface area contributed by atoms with Crippen LogP contribution >= 0.6 is 11.8 Å². The largest absolute Gasteiger partial charge is 0.508 e. The summed E-state index contributed by atoms with van der Waals surface area (Å²) in [5.74, 6) is 0.411. The topological polar surface area (TPSA) is 20.2 Å². The molecule has 0 saturated heterocycles. The van der Waals surface area contributed by atoms with Crippen molar-refractivity contribution in [2.24, 2.45) is 0 Å². The number of hydrogen-bond acceptors (Lipinski definition) is 2. The number of phenolic OH excluding ortho intramolecular Hbond substituents is 1. The van der Waals surface area contributed by atoms with Gasteiger partial charge in [0.1, 0.15) is 5.75 Å². The van der Waals surface area contributed by atoms with Crippen LogP contribution in [0.3, 0.4) is 0 Å². The van der Waals surface area contributed by atoms with E-state index in [2.05, 4.69) is 6.07 Å². The fraction of sp³-hybridized carbons (Fsp3) is 0.500. The van der Waals surface area contributed by atoms with Crippen molar-refractivity contribution in [1.29, 1.82) is 0 Å². The van der Waals surface area contributed by atoms with Gasteiger partial charge in [0.25, 0.3) is 0 Å². The van der Waals surface area contributed by atoms with E-state index < -0.39 is 0 Å². The molecule has 0 radical (unpaired) electrons. The molecule has 0 aromatic heterocycles. The van der Waals surface area contributed by atoms with Crippen LogP contribution in [0.1, 0.15) is 31.2 Å². The van der Waals surface area contributed by atoms with Crippen LogP contribution in [0.25, 0.3) is 0 Å². The van der Waals surface area contributed by atoms with E-state index in [-0.39, 0.29) is 0 Å².